The second-order valence-electron chi connectivity index (χ2n) is 14.3. The van der Waals surface area contributed by atoms with Gasteiger partial charge in [0, 0.05) is 35.8 Å². The number of benzene rings is 4. The summed E-state index contributed by atoms with van der Waals surface area (Å²) in [6.07, 6.45) is 7.80. The SMILES string of the molecule is O=C([O-])CCCCN1C(=O)/C(=c2\s/c(=C\c3ccc4c(c3)C3CCCC3N4c3ccc(C=C(c4ccccc4)c4ccccc4)cc3)c(=O)n2CC(=O)[O-])SC1=S.[K+].[K+]. The van der Waals surface area contributed by atoms with Crippen LogP contribution in [0.2, 0.25) is 0 Å². The molecule has 288 valence electrons. The van der Waals surface area contributed by atoms with E-state index < -0.39 is 29.9 Å². The Morgan fingerprint density at radius 2 is 1.47 bits per heavy atom. The number of hydrogen-bond acceptors (Lipinski definition) is 10. The average Bonchev–Trinajstić information content (AvgIpc) is 3.95. The Morgan fingerprint density at radius 3 is 2.12 bits per heavy atom. The topological polar surface area (TPSA) is 126 Å². The van der Waals surface area contributed by atoms with Crippen LogP contribution in [0.1, 0.15) is 72.3 Å². The number of aromatic nitrogens is 1. The largest absolute Gasteiger partial charge is 1.00 e. The fourth-order valence-electron chi connectivity index (χ4n) is 8.14. The summed E-state index contributed by atoms with van der Waals surface area (Å²) in [5.74, 6) is -2.74. The molecule has 0 bridgehead atoms. The summed E-state index contributed by atoms with van der Waals surface area (Å²) in [4.78, 5) is 53.8. The fraction of sp³-hybridized carbons (Fsp3) is 0.222. The van der Waals surface area contributed by atoms with Crippen LogP contribution in [0.15, 0.2) is 108 Å². The summed E-state index contributed by atoms with van der Waals surface area (Å²) in [5, 5.41) is 22.6. The van der Waals surface area contributed by atoms with Crippen molar-refractivity contribution in [2.24, 2.45) is 0 Å². The molecule has 4 aromatic carbocycles. The number of carboxylic acid groups (broad SMARTS) is 2. The molecule has 0 N–H and O–H groups in total. The first kappa shape index (κ1) is 46.2. The van der Waals surface area contributed by atoms with Gasteiger partial charge in [0.25, 0.3) is 11.5 Å². The summed E-state index contributed by atoms with van der Waals surface area (Å²) in [5.41, 5.74) is 8.31. The minimum Gasteiger partial charge on any atom is -0.550 e. The second kappa shape index (κ2) is 20.7. The first-order valence-corrected chi connectivity index (χ1v) is 20.9. The smallest absolute Gasteiger partial charge is 0.550 e. The monoisotopic (exact) mass is 889 g/mol. The Hall–Kier alpha value is -2.29. The molecule has 2 aliphatic heterocycles. The second-order valence-corrected chi connectivity index (χ2v) is 17.0. The quantitative estimate of drug-likeness (QED) is 0.0656. The van der Waals surface area contributed by atoms with Gasteiger partial charge in [0.15, 0.2) is 0 Å². The van der Waals surface area contributed by atoms with Gasteiger partial charge < -0.3 is 24.7 Å². The van der Waals surface area contributed by atoms with Gasteiger partial charge in [-0.15, -0.1) is 11.3 Å². The van der Waals surface area contributed by atoms with Gasteiger partial charge in [-0.3, -0.25) is 19.1 Å². The predicted molar refractivity (Wildman–Crippen MR) is 226 cm³/mol. The predicted octanol–water partition coefficient (Wildman–Crippen LogP) is -1.24. The molecule has 1 aliphatic carbocycles. The van der Waals surface area contributed by atoms with Gasteiger partial charge in [-0.2, -0.15) is 0 Å². The van der Waals surface area contributed by atoms with E-state index >= 15 is 0 Å². The number of carboxylic acids is 2. The number of thioether (sulfide) groups is 1. The van der Waals surface area contributed by atoms with Crippen LogP contribution in [0.25, 0.3) is 22.6 Å². The van der Waals surface area contributed by atoms with Gasteiger partial charge in [-0.05, 0) is 102 Å². The van der Waals surface area contributed by atoms with Gasteiger partial charge in [0.2, 0.25) is 0 Å². The van der Waals surface area contributed by atoms with E-state index in [9.17, 15) is 29.4 Å². The van der Waals surface area contributed by atoms with Crippen LogP contribution in [-0.4, -0.2) is 44.2 Å². The van der Waals surface area contributed by atoms with Crippen molar-refractivity contribution in [3.63, 3.8) is 0 Å². The molecular weight excluding hydrogens is 853 g/mol. The van der Waals surface area contributed by atoms with E-state index in [0.717, 1.165) is 86.1 Å². The zero-order valence-corrected chi connectivity index (χ0v) is 41.5. The maximum Gasteiger partial charge on any atom is 1.00 e. The van der Waals surface area contributed by atoms with Crippen LogP contribution in [0.5, 0.6) is 0 Å². The fourth-order valence-corrected chi connectivity index (χ4v) is 10.7. The molecule has 2 unspecified atom stereocenters. The Labute approximate surface area is 440 Å². The van der Waals surface area contributed by atoms with E-state index in [-0.39, 0.29) is 134 Å². The molecule has 1 amide bonds. The summed E-state index contributed by atoms with van der Waals surface area (Å²) < 4.78 is 1.82. The molecule has 59 heavy (non-hydrogen) atoms. The van der Waals surface area contributed by atoms with Crippen molar-refractivity contribution < 1.29 is 127 Å². The number of thiocarbonyl (C=S) groups is 1. The zero-order valence-electron chi connectivity index (χ0n) is 32.8. The van der Waals surface area contributed by atoms with Gasteiger partial charge in [0.05, 0.1) is 17.0 Å². The van der Waals surface area contributed by atoms with E-state index in [1.807, 2.05) is 18.2 Å². The normalized spacial score (nSPS) is 17.9. The van der Waals surface area contributed by atoms with Crippen molar-refractivity contribution in [1.82, 2.24) is 9.47 Å². The van der Waals surface area contributed by atoms with Crippen molar-refractivity contribution in [3.05, 3.63) is 150 Å². The molecular formula is C45H37K2N3O6S3. The molecule has 0 spiro atoms. The number of nitrogens with zero attached hydrogens (tertiary/aromatic N) is 3. The van der Waals surface area contributed by atoms with Crippen molar-refractivity contribution >= 4 is 91.5 Å². The third-order valence-corrected chi connectivity index (χ3v) is 13.4. The van der Waals surface area contributed by atoms with E-state index in [0.29, 0.717) is 24.8 Å². The van der Waals surface area contributed by atoms with Crippen LogP contribution in [0, 0.1) is 0 Å². The molecule has 1 saturated heterocycles. The molecule has 3 aliphatic rings. The third-order valence-electron chi connectivity index (χ3n) is 10.7. The zero-order chi connectivity index (χ0) is 39.6. The number of carbonyl (C=O) groups is 3. The minimum absolute atomic E-state index is 0. The molecule has 1 saturated carbocycles. The van der Waals surface area contributed by atoms with Gasteiger partial charge >= 0.3 is 103 Å². The molecule has 3 heterocycles. The number of thiazole rings is 1. The molecule has 14 heteroatoms. The first-order valence-electron chi connectivity index (χ1n) is 18.9. The van der Waals surface area contributed by atoms with Crippen molar-refractivity contribution in [2.45, 2.75) is 57.0 Å². The standard InChI is InChI=1S/C45H39N3O6S3.2K/c49-39(50)16-7-8-23-46-43(54)41(57-45(46)55)44-47(27-40(51)52)42(53)38(56-44)26-29-19-22-37-35(25-29)33-14-9-15-36(33)48(37)32-20-17-28(18-21-32)24-34(30-10-3-1-4-11-30)31-12-5-2-6-13-31;;/h1-6,10-13,17-22,24-26,33,36H,7-9,14-16,23,27H2,(H,49,50)(H,51,52);;/q;2*+1/p-2/b38-26-,44-41+;;. The molecule has 2 atom stereocenters. The van der Waals surface area contributed by atoms with Gasteiger partial charge in [0.1, 0.15) is 13.9 Å². The minimum atomic E-state index is -1.46. The number of anilines is 2. The van der Waals surface area contributed by atoms with Gasteiger partial charge in [-0.25, -0.2) is 0 Å². The van der Waals surface area contributed by atoms with Crippen molar-refractivity contribution in [2.75, 3.05) is 11.4 Å². The van der Waals surface area contributed by atoms with Crippen LogP contribution in [0.3, 0.4) is 0 Å². The average molecular weight is 890 g/mol. The molecule has 8 rings (SSSR count). The Kier molecular flexibility index (Phi) is 16.2. The number of amides is 1. The number of unbranched alkanes of at least 4 members (excludes halogenated alkanes) is 1. The molecule has 5 aromatic rings. The van der Waals surface area contributed by atoms with Crippen LogP contribution < -0.4 is 133 Å². The van der Waals surface area contributed by atoms with Crippen molar-refractivity contribution in [3.8, 4) is 0 Å². The van der Waals surface area contributed by atoms with E-state index in [2.05, 4.69) is 95.9 Å². The third kappa shape index (κ3) is 10.2. The van der Waals surface area contributed by atoms with Crippen LogP contribution in [0.4, 0.5) is 11.4 Å². The summed E-state index contributed by atoms with van der Waals surface area (Å²) >= 11 is 7.51. The maximum absolute atomic E-state index is 13.7. The Balaban J connectivity index is 0.00000293. The van der Waals surface area contributed by atoms with E-state index in [1.165, 1.54) is 10.5 Å². The first-order chi connectivity index (χ1) is 27.7. The van der Waals surface area contributed by atoms with E-state index in [1.54, 1.807) is 6.08 Å². The molecule has 9 nitrogen and oxygen atoms in total. The molecule has 2 fully saturated rings. The molecule has 0 radical (unpaired) electrons. The number of rotatable bonds is 12. The number of aliphatic carboxylic acids is 2. The number of fused-ring (bicyclic) bond motifs is 3. The summed E-state index contributed by atoms with van der Waals surface area (Å²) in [6, 6.07) is 36.1. The Morgan fingerprint density at radius 1 is 0.814 bits per heavy atom. The van der Waals surface area contributed by atoms with Crippen LogP contribution >= 0.6 is 35.3 Å². The van der Waals surface area contributed by atoms with Gasteiger partial charge in [-0.1, -0.05) is 109 Å². The summed E-state index contributed by atoms with van der Waals surface area (Å²) in [7, 11) is 0. The van der Waals surface area contributed by atoms with Crippen molar-refractivity contribution in [1.29, 1.82) is 0 Å². The summed E-state index contributed by atoms with van der Waals surface area (Å²) in [6.45, 7) is -0.513. The maximum atomic E-state index is 13.7. The number of hydrogen-bond donors (Lipinski definition) is 0. The molecule has 1 aromatic heterocycles. The Bertz CT molecular complexity index is 2570. The number of carbonyl (C=O) groups excluding carboxylic acids is 3. The van der Waals surface area contributed by atoms with E-state index in [4.69, 9.17) is 12.2 Å². The van der Waals surface area contributed by atoms with Crippen LogP contribution in [-0.2, 0) is 20.9 Å².